The summed E-state index contributed by atoms with van der Waals surface area (Å²) in [4.78, 5) is 38.6. The third-order valence-electron chi connectivity index (χ3n) is 4.98. The molecule has 2 atom stereocenters. The van der Waals surface area contributed by atoms with E-state index in [0.717, 1.165) is 10.5 Å². The number of amides is 4. The van der Waals surface area contributed by atoms with Gasteiger partial charge in [0.1, 0.15) is 12.1 Å². The second-order valence-electron chi connectivity index (χ2n) is 8.61. The lowest BCUT2D eigenvalue weighted by molar-refractivity contribution is -0.130. The Morgan fingerprint density at radius 1 is 0.969 bits per heavy atom. The van der Waals surface area contributed by atoms with Crippen LogP contribution in [0.5, 0.6) is 0 Å². The van der Waals surface area contributed by atoms with Crippen molar-refractivity contribution in [3.63, 3.8) is 0 Å². The number of anilines is 1. The average molecular weight is 457 g/mol. The lowest BCUT2D eigenvalue weighted by Gasteiger charge is -2.31. The first-order valence-corrected chi connectivity index (χ1v) is 11.7. The number of urea groups is 1. The fraction of sp³-hybridized carbons (Fsp3) is 0.375. The van der Waals surface area contributed by atoms with Crippen LogP contribution >= 0.6 is 11.8 Å². The van der Waals surface area contributed by atoms with Gasteiger partial charge < -0.3 is 21.7 Å². The van der Waals surface area contributed by atoms with E-state index in [9.17, 15) is 14.4 Å². The Morgan fingerprint density at radius 3 is 2.12 bits per heavy atom. The summed E-state index contributed by atoms with van der Waals surface area (Å²) in [5, 5.41) is 8.19. The van der Waals surface area contributed by atoms with E-state index in [1.54, 1.807) is 23.9 Å². The van der Waals surface area contributed by atoms with Crippen LogP contribution in [0.25, 0.3) is 0 Å². The quantitative estimate of drug-likeness (QED) is 0.432. The number of nitrogens with one attached hydrogen (secondary N) is 3. The Kier molecular flexibility index (Phi) is 9.13. The van der Waals surface area contributed by atoms with Gasteiger partial charge in [-0.3, -0.25) is 9.59 Å². The van der Waals surface area contributed by atoms with Crippen LogP contribution in [0.4, 0.5) is 10.5 Å². The molecule has 0 radical (unpaired) electrons. The molecular weight excluding hydrogens is 424 g/mol. The van der Waals surface area contributed by atoms with Crippen molar-refractivity contribution in [3.8, 4) is 0 Å². The summed E-state index contributed by atoms with van der Waals surface area (Å²) < 4.78 is 0. The first kappa shape index (κ1) is 25.3. The molecule has 0 spiro atoms. The number of carbonyl (C=O) groups is 3. The first-order chi connectivity index (χ1) is 15.1. The summed E-state index contributed by atoms with van der Waals surface area (Å²) in [5.41, 5.74) is 6.60. The molecule has 0 bridgehead atoms. The van der Waals surface area contributed by atoms with Crippen LogP contribution in [0, 0.1) is 5.41 Å². The van der Waals surface area contributed by atoms with Crippen molar-refractivity contribution < 1.29 is 14.4 Å². The molecule has 172 valence electrons. The van der Waals surface area contributed by atoms with Gasteiger partial charge in [-0.15, -0.1) is 11.8 Å². The lowest BCUT2D eigenvalue weighted by atomic mass is 9.86. The molecule has 2 aromatic carbocycles. The van der Waals surface area contributed by atoms with Crippen molar-refractivity contribution in [2.75, 3.05) is 11.6 Å². The Bertz CT molecular complexity index is 911. The summed E-state index contributed by atoms with van der Waals surface area (Å²) in [6.45, 7) is 5.52. The molecular formula is C24H32N4O3S. The molecule has 0 fully saturated rings. The summed E-state index contributed by atoms with van der Waals surface area (Å²) in [5.74, 6) is -1.07. The summed E-state index contributed by atoms with van der Waals surface area (Å²) in [7, 11) is 0. The molecule has 4 amide bonds. The van der Waals surface area contributed by atoms with Gasteiger partial charge in [-0.1, -0.05) is 51.1 Å². The maximum atomic E-state index is 13.0. The van der Waals surface area contributed by atoms with E-state index in [0.29, 0.717) is 18.5 Å². The molecule has 0 aliphatic heterocycles. The molecule has 2 aromatic rings. The second kappa shape index (κ2) is 11.6. The zero-order chi connectivity index (χ0) is 23.7. The minimum absolute atomic E-state index is 0.371. The normalized spacial score (nSPS) is 13.0. The van der Waals surface area contributed by atoms with Crippen molar-refractivity contribution in [3.05, 3.63) is 60.2 Å². The number of thioether (sulfide) groups is 1. The van der Waals surface area contributed by atoms with E-state index in [4.69, 9.17) is 5.73 Å². The van der Waals surface area contributed by atoms with Crippen LogP contribution in [0.1, 0.15) is 32.8 Å². The SMILES string of the molecule is CSc1ccc(NC(=O)NC(C(=O)NC(CCc2ccccc2)C(N)=O)C(C)(C)C)cc1. The van der Waals surface area contributed by atoms with Crippen molar-refractivity contribution in [1.29, 1.82) is 0 Å². The fourth-order valence-electron chi connectivity index (χ4n) is 3.14. The van der Waals surface area contributed by atoms with Crippen molar-refractivity contribution in [2.24, 2.45) is 11.1 Å². The van der Waals surface area contributed by atoms with E-state index in [-0.39, 0.29) is 0 Å². The molecule has 8 heteroatoms. The molecule has 0 saturated heterocycles. The van der Waals surface area contributed by atoms with Gasteiger partial charge in [0.2, 0.25) is 11.8 Å². The molecule has 0 saturated carbocycles. The molecule has 0 aliphatic rings. The summed E-state index contributed by atoms with van der Waals surface area (Å²) in [6, 6.07) is 14.8. The predicted molar refractivity (Wildman–Crippen MR) is 130 cm³/mol. The number of carbonyl (C=O) groups excluding carboxylic acids is 3. The molecule has 0 heterocycles. The number of rotatable bonds is 9. The molecule has 7 nitrogen and oxygen atoms in total. The summed E-state index contributed by atoms with van der Waals surface area (Å²) >= 11 is 1.61. The van der Waals surface area contributed by atoms with E-state index < -0.39 is 35.3 Å². The van der Waals surface area contributed by atoms with Gasteiger partial charge in [-0.05, 0) is 54.3 Å². The molecule has 2 rings (SSSR count). The molecule has 0 aromatic heterocycles. The van der Waals surface area contributed by atoms with Crippen LogP contribution in [-0.2, 0) is 16.0 Å². The van der Waals surface area contributed by atoms with Gasteiger partial charge in [-0.25, -0.2) is 4.79 Å². The third-order valence-corrected chi connectivity index (χ3v) is 5.72. The number of primary amides is 1. The van der Waals surface area contributed by atoms with Crippen molar-refractivity contribution in [2.45, 2.75) is 50.6 Å². The Morgan fingerprint density at radius 2 is 1.59 bits per heavy atom. The predicted octanol–water partition coefficient (Wildman–Crippen LogP) is 3.55. The van der Waals surface area contributed by atoms with E-state index in [1.165, 1.54) is 0 Å². The highest BCUT2D eigenvalue weighted by Crippen LogP contribution is 2.21. The average Bonchev–Trinajstić information content (AvgIpc) is 2.75. The van der Waals surface area contributed by atoms with E-state index >= 15 is 0 Å². The highest BCUT2D eigenvalue weighted by atomic mass is 32.2. The Hall–Kier alpha value is -3.00. The largest absolute Gasteiger partial charge is 0.368 e. The number of hydrogen-bond donors (Lipinski definition) is 4. The van der Waals surface area contributed by atoms with Gasteiger partial charge in [0.15, 0.2) is 0 Å². The standard InChI is InChI=1S/C24H32N4O3S/c1-24(2,3)20(28-23(31)26-17-11-13-18(32-4)14-12-17)22(30)27-19(21(25)29)15-10-16-8-6-5-7-9-16/h5-9,11-14,19-20H,10,15H2,1-4H3,(H2,25,29)(H,27,30)(H2,26,28,31). The third kappa shape index (κ3) is 7.92. The Labute approximate surface area is 193 Å². The minimum Gasteiger partial charge on any atom is -0.368 e. The van der Waals surface area contributed by atoms with Crippen LogP contribution in [0.15, 0.2) is 59.5 Å². The fourth-order valence-corrected chi connectivity index (χ4v) is 3.55. The molecule has 2 unspecified atom stereocenters. The maximum absolute atomic E-state index is 13.0. The topological polar surface area (TPSA) is 113 Å². The monoisotopic (exact) mass is 456 g/mol. The number of benzene rings is 2. The van der Waals surface area contributed by atoms with Crippen LogP contribution in [0.3, 0.4) is 0 Å². The first-order valence-electron chi connectivity index (χ1n) is 10.5. The zero-order valence-corrected chi connectivity index (χ0v) is 19.8. The minimum atomic E-state index is -0.869. The second-order valence-corrected chi connectivity index (χ2v) is 9.49. The summed E-state index contributed by atoms with van der Waals surface area (Å²) in [6.07, 6.45) is 2.94. The number of hydrogen-bond acceptors (Lipinski definition) is 4. The van der Waals surface area contributed by atoms with Gasteiger partial charge in [-0.2, -0.15) is 0 Å². The molecule has 5 N–H and O–H groups in total. The van der Waals surface area contributed by atoms with Gasteiger partial charge in [0.25, 0.3) is 0 Å². The smallest absolute Gasteiger partial charge is 0.319 e. The Balaban J connectivity index is 2.03. The zero-order valence-electron chi connectivity index (χ0n) is 19.0. The highest BCUT2D eigenvalue weighted by molar-refractivity contribution is 7.98. The van der Waals surface area contributed by atoms with Crippen LogP contribution in [0.2, 0.25) is 0 Å². The number of aryl methyl sites for hydroxylation is 1. The van der Waals surface area contributed by atoms with Crippen LogP contribution < -0.4 is 21.7 Å². The highest BCUT2D eigenvalue weighted by Gasteiger charge is 2.34. The molecule has 0 aliphatic carbocycles. The molecule has 32 heavy (non-hydrogen) atoms. The van der Waals surface area contributed by atoms with Gasteiger partial charge in [0.05, 0.1) is 0 Å². The van der Waals surface area contributed by atoms with Crippen LogP contribution in [-0.4, -0.2) is 36.2 Å². The van der Waals surface area contributed by atoms with E-state index in [2.05, 4.69) is 16.0 Å². The number of nitrogens with two attached hydrogens (primary N) is 1. The maximum Gasteiger partial charge on any atom is 0.319 e. The lowest BCUT2D eigenvalue weighted by Crippen LogP contribution is -2.58. The van der Waals surface area contributed by atoms with Gasteiger partial charge in [0, 0.05) is 10.6 Å². The van der Waals surface area contributed by atoms with Crippen molar-refractivity contribution >= 4 is 35.3 Å². The van der Waals surface area contributed by atoms with E-state index in [1.807, 2.05) is 69.5 Å². The van der Waals surface area contributed by atoms with Crippen molar-refractivity contribution in [1.82, 2.24) is 10.6 Å². The van der Waals surface area contributed by atoms with Gasteiger partial charge >= 0.3 is 6.03 Å².